The standard InChI is InChI=1S/C57H95BN3O17S2/c1-15-19-26-73-50(67)54(10,38-57(23-16-2,48(64)65)36-53(8,9)49(66)76-34-35-79-80-44-22-20-21-24-59-44)37-55(11,51(68)74-27-25-61(13)14)39-58-56(12,18-4)52(69)75-33-31-71-29-28-70-30-32-72-47-45(60-41(6)62)46(77-42(7)63)40(5)43(17-3)78-47/h20-22,24,40,43,45-47H,15-19,23,25-39H2,1-14H3,(H,60,62)(H,64,65)/t40-,43+,45+,46-,47+,54?,55?,56?,57?/m0/s1. The Hall–Kier alpha value is -4.00. The summed E-state index contributed by atoms with van der Waals surface area (Å²) in [5.74, 6) is -4.16. The van der Waals surface area contributed by atoms with Crippen LogP contribution >= 0.6 is 21.6 Å². The van der Waals surface area contributed by atoms with E-state index in [1.807, 2.05) is 71.8 Å². The zero-order chi connectivity index (χ0) is 60.2. The number of amides is 1. The van der Waals surface area contributed by atoms with Crippen LogP contribution in [0.1, 0.15) is 141 Å². The minimum atomic E-state index is -1.65. The number of aromatic nitrogens is 1. The fourth-order valence-corrected chi connectivity index (χ4v) is 11.7. The molecule has 0 bridgehead atoms. The summed E-state index contributed by atoms with van der Waals surface area (Å²) in [5.41, 5.74) is -6.06. The van der Waals surface area contributed by atoms with E-state index in [1.54, 1.807) is 48.1 Å². The molecule has 80 heavy (non-hydrogen) atoms. The summed E-state index contributed by atoms with van der Waals surface area (Å²) in [6, 6.07) is 4.87. The minimum absolute atomic E-state index is 0.0323. The number of pyridine rings is 1. The van der Waals surface area contributed by atoms with Crippen molar-refractivity contribution in [3.63, 3.8) is 0 Å². The highest BCUT2D eigenvalue weighted by Gasteiger charge is 2.55. The van der Waals surface area contributed by atoms with Gasteiger partial charge in [0, 0.05) is 43.6 Å². The van der Waals surface area contributed by atoms with E-state index in [-0.39, 0.29) is 116 Å². The van der Waals surface area contributed by atoms with Crippen LogP contribution in [0.4, 0.5) is 0 Å². The van der Waals surface area contributed by atoms with Gasteiger partial charge in [-0.1, -0.05) is 77.6 Å². The molecule has 1 aromatic heterocycles. The van der Waals surface area contributed by atoms with Crippen LogP contribution in [-0.4, -0.2) is 174 Å². The highest BCUT2D eigenvalue weighted by atomic mass is 33.1. The van der Waals surface area contributed by atoms with E-state index in [0.29, 0.717) is 31.6 Å². The monoisotopic (exact) mass is 1170 g/mol. The Labute approximate surface area is 485 Å². The first kappa shape index (κ1) is 72.1. The Morgan fingerprint density at radius 1 is 0.762 bits per heavy atom. The third-order valence-corrected chi connectivity index (χ3v) is 16.6. The number of carbonyl (C=O) groups is 7. The van der Waals surface area contributed by atoms with Crippen LogP contribution in [0, 0.1) is 27.6 Å². The third-order valence-electron chi connectivity index (χ3n) is 14.4. The van der Waals surface area contributed by atoms with Crippen LogP contribution < -0.4 is 5.32 Å². The first-order valence-corrected chi connectivity index (χ1v) is 30.5. The largest absolute Gasteiger partial charge is 0.481 e. The van der Waals surface area contributed by atoms with Gasteiger partial charge in [-0.2, -0.15) is 0 Å². The maximum atomic E-state index is 14.6. The summed E-state index contributed by atoms with van der Waals surface area (Å²) in [7, 11) is 8.31. The van der Waals surface area contributed by atoms with E-state index in [1.165, 1.54) is 35.4 Å². The minimum Gasteiger partial charge on any atom is -0.481 e. The molecule has 0 aromatic carbocycles. The van der Waals surface area contributed by atoms with Crippen LogP contribution in [0.3, 0.4) is 0 Å². The number of hydrogen-bond acceptors (Lipinski definition) is 20. The topological polar surface area (TPSA) is 251 Å². The van der Waals surface area contributed by atoms with E-state index in [0.717, 1.165) is 11.4 Å². The normalized spacial score (nSPS) is 20.4. The number of rotatable bonds is 41. The molecule has 9 atom stereocenters. The van der Waals surface area contributed by atoms with Crippen LogP contribution in [0.25, 0.3) is 0 Å². The van der Waals surface area contributed by atoms with E-state index in [9.17, 15) is 38.7 Å². The Kier molecular flexibility index (Phi) is 32.3. The van der Waals surface area contributed by atoms with Crippen LogP contribution in [0.2, 0.25) is 11.6 Å². The first-order valence-electron chi connectivity index (χ1n) is 28.2. The second-order valence-electron chi connectivity index (χ2n) is 22.5. The zero-order valence-corrected chi connectivity index (χ0v) is 51.9. The molecule has 1 radical (unpaired) electrons. The molecular weight excluding hydrogens is 1070 g/mol. The van der Waals surface area contributed by atoms with Crippen molar-refractivity contribution in [1.82, 2.24) is 15.2 Å². The lowest BCUT2D eigenvalue weighted by molar-refractivity contribution is -0.255. The second kappa shape index (κ2) is 35.9. The SMILES string of the molecule is CCCCOC(=O)C(C)(CC(C)(C[B]C(C)(CC)C(=O)OCCOCCOCCO[C@@H]1O[C@H](CC)[C@H](C)[C@H](OC(C)=O)[C@H]1NC(C)=O)C(=O)OCCN(C)C)CC(CCC)(CC(C)(C)C(=O)OCCSSc1ccccn1)C(=O)O. The van der Waals surface area contributed by atoms with E-state index < -0.39 is 81.2 Å². The molecule has 4 unspecified atom stereocenters. The number of unbranched alkanes of at least 4 members (excludes halogenated alkanes) is 1. The van der Waals surface area contributed by atoms with Gasteiger partial charge in [-0.25, -0.2) is 4.98 Å². The van der Waals surface area contributed by atoms with Crippen molar-refractivity contribution in [3.8, 4) is 0 Å². The van der Waals surface area contributed by atoms with Gasteiger partial charge in [-0.05, 0) is 110 Å². The number of carbonyl (C=O) groups excluding carboxylic acids is 6. The highest BCUT2D eigenvalue weighted by Crippen LogP contribution is 2.52. The zero-order valence-electron chi connectivity index (χ0n) is 50.3. The smallest absolute Gasteiger partial charge is 0.311 e. The van der Waals surface area contributed by atoms with Gasteiger partial charge in [0.2, 0.25) is 5.91 Å². The molecule has 1 amide bonds. The van der Waals surface area contributed by atoms with Gasteiger partial charge >= 0.3 is 35.8 Å². The number of carboxylic acid groups (broad SMARTS) is 1. The van der Waals surface area contributed by atoms with Crippen molar-refractivity contribution >= 4 is 70.6 Å². The van der Waals surface area contributed by atoms with Crippen molar-refractivity contribution in [2.75, 3.05) is 85.9 Å². The summed E-state index contributed by atoms with van der Waals surface area (Å²) in [6.45, 7) is 21.7. The fourth-order valence-electron chi connectivity index (χ4n) is 9.95. The molecular formula is C57H95BN3O17S2. The maximum Gasteiger partial charge on any atom is 0.311 e. The predicted octanol–water partition coefficient (Wildman–Crippen LogP) is 8.40. The molecule has 2 rings (SSSR count). The number of esters is 5. The average molecular weight is 1170 g/mol. The van der Waals surface area contributed by atoms with Gasteiger partial charge < -0.3 is 58.0 Å². The van der Waals surface area contributed by atoms with E-state index >= 15 is 0 Å². The number of aliphatic carboxylic acids is 1. The molecule has 0 aliphatic carbocycles. The predicted molar refractivity (Wildman–Crippen MR) is 307 cm³/mol. The van der Waals surface area contributed by atoms with Gasteiger partial charge in [0.25, 0.3) is 0 Å². The Morgan fingerprint density at radius 3 is 1.96 bits per heavy atom. The Bertz CT molecular complexity index is 2080. The molecule has 1 aliphatic heterocycles. The Balaban J connectivity index is 2.23. The number of ether oxygens (including phenoxy) is 9. The van der Waals surface area contributed by atoms with Crippen LogP contribution in [-0.2, 0) is 76.2 Å². The maximum absolute atomic E-state index is 14.6. The van der Waals surface area contributed by atoms with Crippen molar-refractivity contribution in [1.29, 1.82) is 0 Å². The lowest BCUT2D eigenvalue weighted by Gasteiger charge is -2.44. The second-order valence-corrected chi connectivity index (χ2v) is 25.0. The molecule has 23 heteroatoms. The molecule has 0 spiro atoms. The number of nitrogens with one attached hydrogen (secondary N) is 1. The lowest BCUT2D eigenvalue weighted by Crippen LogP contribution is -2.62. The van der Waals surface area contributed by atoms with Crippen LogP contribution in [0.15, 0.2) is 29.4 Å². The molecule has 1 fully saturated rings. The van der Waals surface area contributed by atoms with Crippen molar-refractivity contribution in [2.45, 2.75) is 182 Å². The van der Waals surface area contributed by atoms with Gasteiger partial charge in [-0.3, -0.25) is 33.6 Å². The van der Waals surface area contributed by atoms with E-state index in [2.05, 4.69) is 10.3 Å². The number of hydrogen-bond donors (Lipinski definition) is 2. The molecule has 1 aliphatic rings. The van der Waals surface area contributed by atoms with Crippen molar-refractivity contribution in [2.24, 2.45) is 27.6 Å². The number of carboxylic acids is 1. The summed E-state index contributed by atoms with van der Waals surface area (Å²) in [5, 5.41) is 13.7. The van der Waals surface area contributed by atoms with Gasteiger partial charge in [0.05, 0.1) is 67.4 Å². The van der Waals surface area contributed by atoms with Crippen LogP contribution in [0.5, 0.6) is 0 Å². The fraction of sp³-hybridized carbons (Fsp3) is 0.789. The third kappa shape index (κ3) is 24.1. The van der Waals surface area contributed by atoms with Gasteiger partial charge in [0.15, 0.2) is 6.29 Å². The first-order chi connectivity index (χ1) is 37.7. The summed E-state index contributed by atoms with van der Waals surface area (Å²) in [4.78, 5) is 101. The van der Waals surface area contributed by atoms with E-state index in [4.69, 9.17) is 42.6 Å². The molecule has 20 nitrogen and oxygen atoms in total. The van der Waals surface area contributed by atoms with Crippen molar-refractivity contribution < 1.29 is 81.3 Å². The molecule has 1 saturated heterocycles. The highest BCUT2D eigenvalue weighted by molar-refractivity contribution is 8.76. The molecule has 2 N–H and O–H groups in total. The molecule has 2 heterocycles. The molecule has 1 aromatic rings. The quantitative estimate of drug-likeness (QED) is 0.0205. The number of nitrogens with zero attached hydrogens (tertiary/aromatic N) is 2. The number of likely N-dealkylation sites (N-methyl/N-ethyl adjacent to an activating group) is 1. The summed E-state index contributed by atoms with van der Waals surface area (Å²) in [6.07, 6.45) is 1.92. The molecule has 455 valence electrons. The van der Waals surface area contributed by atoms with Crippen molar-refractivity contribution in [3.05, 3.63) is 24.4 Å². The average Bonchev–Trinajstić information content (AvgIpc) is 3.43. The Morgan fingerprint density at radius 2 is 1.39 bits per heavy atom. The van der Waals surface area contributed by atoms with Gasteiger partial charge in [0.1, 0.15) is 44.3 Å². The molecule has 0 saturated carbocycles. The summed E-state index contributed by atoms with van der Waals surface area (Å²) < 4.78 is 52.4. The summed E-state index contributed by atoms with van der Waals surface area (Å²) >= 11 is 0. The van der Waals surface area contributed by atoms with Gasteiger partial charge in [-0.15, -0.1) is 0 Å². The lowest BCUT2D eigenvalue weighted by atomic mass is 9.45.